The second kappa shape index (κ2) is 12.6. The molecule has 0 radical (unpaired) electrons. The Morgan fingerprint density at radius 2 is 1.48 bits per heavy atom. The summed E-state index contributed by atoms with van der Waals surface area (Å²) < 4.78 is 1.66. The maximum atomic E-state index is 6.42. The lowest BCUT2D eigenvalue weighted by molar-refractivity contribution is 0.624. The van der Waals surface area contributed by atoms with E-state index in [1.807, 2.05) is 54.6 Å². The van der Waals surface area contributed by atoms with E-state index < -0.39 is 0 Å². The van der Waals surface area contributed by atoms with E-state index in [1.54, 1.807) is 11.6 Å². The summed E-state index contributed by atoms with van der Waals surface area (Å²) in [4.78, 5) is 0. The van der Waals surface area contributed by atoms with Crippen molar-refractivity contribution in [3.05, 3.63) is 64.6 Å². The van der Waals surface area contributed by atoms with Gasteiger partial charge in [-0.2, -0.15) is 9.61 Å². The highest BCUT2D eigenvalue weighted by atomic mass is 35.5. The summed E-state index contributed by atoms with van der Waals surface area (Å²) >= 11 is 12.5. The minimum atomic E-state index is 0.561. The molecule has 33 heavy (non-hydrogen) atoms. The molecule has 0 fully saturated rings. The summed E-state index contributed by atoms with van der Waals surface area (Å²) in [5.41, 5.74) is 4.12. The molecule has 5 nitrogen and oxygen atoms in total. The molecule has 174 valence electrons. The molecule has 0 saturated carbocycles. The molecular formula is C26H31Cl2N5. The number of benzene rings is 2. The van der Waals surface area contributed by atoms with Gasteiger partial charge in [-0.3, -0.25) is 0 Å². The fourth-order valence-corrected chi connectivity index (χ4v) is 3.89. The molecule has 4 aromatic rings. The molecule has 2 heterocycles. The molecule has 0 saturated heterocycles. The molecule has 7 heteroatoms. The number of fused-ring (bicyclic) bond motifs is 1. The predicted octanol–water partition coefficient (Wildman–Crippen LogP) is 8.17. The SMILES string of the molecule is CCCCCCCC.CNc1nnc2cc(-c3ccc(Cl)cc3)c(-c3ccccc3Cl)nn12. The van der Waals surface area contributed by atoms with Crippen molar-refractivity contribution in [1.82, 2.24) is 19.8 Å². The molecule has 2 aromatic carbocycles. The normalized spacial score (nSPS) is 10.7. The van der Waals surface area contributed by atoms with Crippen LogP contribution in [0, 0.1) is 0 Å². The van der Waals surface area contributed by atoms with Gasteiger partial charge < -0.3 is 5.32 Å². The van der Waals surface area contributed by atoms with Crippen molar-refractivity contribution in [3.8, 4) is 22.4 Å². The van der Waals surface area contributed by atoms with Crippen molar-refractivity contribution in [1.29, 1.82) is 0 Å². The van der Waals surface area contributed by atoms with E-state index in [2.05, 4.69) is 29.4 Å². The lowest BCUT2D eigenvalue weighted by Gasteiger charge is -2.12. The summed E-state index contributed by atoms with van der Waals surface area (Å²) in [5.74, 6) is 0.561. The zero-order valence-corrected chi connectivity index (χ0v) is 21.0. The van der Waals surface area contributed by atoms with E-state index in [4.69, 9.17) is 28.3 Å². The highest BCUT2D eigenvalue weighted by Crippen LogP contribution is 2.35. The second-order valence-corrected chi connectivity index (χ2v) is 8.69. The number of unbranched alkanes of at least 4 members (excludes halogenated alkanes) is 5. The zero-order valence-electron chi connectivity index (χ0n) is 19.5. The van der Waals surface area contributed by atoms with Crippen molar-refractivity contribution in [2.75, 3.05) is 12.4 Å². The van der Waals surface area contributed by atoms with Crippen LogP contribution in [-0.4, -0.2) is 26.9 Å². The highest BCUT2D eigenvalue weighted by Gasteiger charge is 2.16. The molecule has 0 unspecified atom stereocenters. The van der Waals surface area contributed by atoms with Crippen LogP contribution in [0.1, 0.15) is 52.4 Å². The van der Waals surface area contributed by atoms with Gasteiger partial charge in [0.05, 0.1) is 5.02 Å². The number of aromatic nitrogens is 4. The van der Waals surface area contributed by atoms with Gasteiger partial charge in [0.2, 0.25) is 5.95 Å². The zero-order chi connectivity index (χ0) is 23.6. The molecule has 2 aromatic heterocycles. The molecule has 4 rings (SSSR count). The van der Waals surface area contributed by atoms with Crippen molar-refractivity contribution >= 4 is 34.8 Å². The van der Waals surface area contributed by atoms with Crippen LogP contribution >= 0.6 is 23.2 Å². The van der Waals surface area contributed by atoms with Crippen LogP contribution in [0.5, 0.6) is 0 Å². The van der Waals surface area contributed by atoms with Crippen LogP contribution in [-0.2, 0) is 0 Å². The van der Waals surface area contributed by atoms with Gasteiger partial charge in [-0.05, 0) is 29.8 Å². The summed E-state index contributed by atoms with van der Waals surface area (Å²) in [7, 11) is 1.78. The number of rotatable bonds is 8. The quantitative estimate of drug-likeness (QED) is 0.256. The number of hydrogen-bond donors (Lipinski definition) is 1. The lowest BCUT2D eigenvalue weighted by Crippen LogP contribution is -2.02. The highest BCUT2D eigenvalue weighted by molar-refractivity contribution is 6.33. The molecular weight excluding hydrogens is 453 g/mol. The van der Waals surface area contributed by atoms with Crippen LogP contribution in [0.3, 0.4) is 0 Å². The monoisotopic (exact) mass is 483 g/mol. The summed E-state index contributed by atoms with van der Waals surface area (Å²) in [6.07, 6.45) is 8.49. The van der Waals surface area contributed by atoms with Gasteiger partial charge in [-0.15, -0.1) is 10.2 Å². The van der Waals surface area contributed by atoms with E-state index in [1.165, 1.54) is 38.5 Å². The molecule has 0 bridgehead atoms. The van der Waals surface area contributed by atoms with Gasteiger partial charge in [0.15, 0.2) is 5.65 Å². The molecule has 0 aliphatic rings. The minimum Gasteiger partial charge on any atom is -0.356 e. The van der Waals surface area contributed by atoms with E-state index in [-0.39, 0.29) is 0 Å². The average Bonchev–Trinajstić information content (AvgIpc) is 3.24. The second-order valence-electron chi connectivity index (χ2n) is 7.85. The van der Waals surface area contributed by atoms with E-state index in [0.29, 0.717) is 21.6 Å². The molecule has 0 spiro atoms. The van der Waals surface area contributed by atoms with Gasteiger partial charge >= 0.3 is 0 Å². The van der Waals surface area contributed by atoms with Gasteiger partial charge in [-0.1, -0.05) is 106 Å². The van der Waals surface area contributed by atoms with Crippen molar-refractivity contribution < 1.29 is 0 Å². The molecule has 0 aliphatic carbocycles. The molecule has 0 amide bonds. The lowest BCUT2D eigenvalue weighted by atomic mass is 10.00. The average molecular weight is 484 g/mol. The Balaban J connectivity index is 0.000000331. The molecule has 0 atom stereocenters. The van der Waals surface area contributed by atoms with Crippen LogP contribution in [0.25, 0.3) is 28.0 Å². The maximum Gasteiger partial charge on any atom is 0.245 e. The number of nitrogens with one attached hydrogen (secondary N) is 1. The standard InChI is InChI=1S/C18H13Cl2N5.C8H18/c1-21-18-23-22-16-10-14(11-6-8-12(19)9-7-11)17(24-25(16)18)13-4-2-3-5-15(13)20;1-3-5-7-8-6-4-2/h2-10H,1H3,(H,21,23);3-8H2,1-2H3. The first-order valence-electron chi connectivity index (χ1n) is 11.5. The Kier molecular flexibility index (Phi) is 9.52. The third-order valence-corrected chi connectivity index (χ3v) is 5.94. The Morgan fingerprint density at radius 3 is 2.09 bits per heavy atom. The largest absolute Gasteiger partial charge is 0.356 e. The first kappa shape index (κ1) is 25.0. The number of nitrogens with zero attached hydrogens (tertiary/aromatic N) is 4. The molecule has 1 N–H and O–H groups in total. The van der Waals surface area contributed by atoms with Crippen LogP contribution < -0.4 is 5.32 Å². The van der Waals surface area contributed by atoms with E-state index in [9.17, 15) is 0 Å². The van der Waals surface area contributed by atoms with Gasteiger partial charge in [-0.25, -0.2) is 0 Å². The first-order chi connectivity index (χ1) is 16.1. The third kappa shape index (κ3) is 6.46. The third-order valence-electron chi connectivity index (χ3n) is 5.36. The minimum absolute atomic E-state index is 0.561. The Bertz CT molecular complexity index is 1150. The topological polar surface area (TPSA) is 55.1 Å². The van der Waals surface area contributed by atoms with Crippen molar-refractivity contribution in [3.63, 3.8) is 0 Å². The van der Waals surface area contributed by atoms with E-state index >= 15 is 0 Å². The number of halogens is 2. The fourth-order valence-electron chi connectivity index (χ4n) is 3.54. The maximum absolute atomic E-state index is 6.42. The Hall–Kier alpha value is -2.63. The van der Waals surface area contributed by atoms with Crippen LogP contribution in [0.2, 0.25) is 10.0 Å². The van der Waals surface area contributed by atoms with Crippen molar-refractivity contribution in [2.45, 2.75) is 52.4 Å². The fraction of sp³-hybridized carbons (Fsp3) is 0.346. The van der Waals surface area contributed by atoms with Crippen LogP contribution in [0.15, 0.2) is 54.6 Å². The van der Waals surface area contributed by atoms with Gasteiger partial charge in [0.25, 0.3) is 0 Å². The van der Waals surface area contributed by atoms with Gasteiger partial charge in [0.1, 0.15) is 5.69 Å². The summed E-state index contributed by atoms with van der Waals surface area (Å²) in [5, 5.41) is 17.3. The summed E-state index contributed by atoms with van der Waals surface area (Å²) in [6, 6.07) is 17.2. The Morgan fingerprint density at radius 1 is 0.818 bits per heavy atom. The first-order valence-corrected chi connectivity index (χ1v) is 12.3. The van der Waals surface area contributed by atoms with Crippen LogP contribution in [0.4, 0.5) is 5.95 Å². The number of hydrogen-bond acceptors (Lipinski definition) is 4. The Labute approximate surface area is 206 Å². The smallest absolute Gasteiger partial charge is 0.245 e. The van der Waals surface area contributed by atoms with E-state index in [0.717, 1.165) is 22.4 Å². The predicted molar refractivity (Wildman–Crippen MR) is 140 cm³/mol. The summed E-state index contributed by atoms with van der Waals surface area (Å²) in [6.45, 7) is 4.51. The molecule has 0 aliphatic heterocycles. The number of anilines is 1. The van der Waals surface area contributed by atoms with Crippen molar-refractivity contribution in [2.24, 2.45) is 0 Å². The van der Waals surface area contributed by atoms with Gasteiger partial charge in [0, 0.05) is 23.2 Å².